The maximum absolute atomic E-state index is 13.5. The molecule has 0 saturated heterocycles. The average molecular weight is 466 g/mol. The lowest BCUT2D eigenvalue weighted by molar-refractivity contribution is -0.115. The normalized spacial score (nSPS) is 13.2. The number of fused-ring (bicyclic) bond motifs is 1. The number of anilines is 1. The van der Waals surface area contributed by atoms with E-state index in [1.807, 2.05) is 18.2 Å². The van der Waals surface area contributed by atoms with E-state index in [0.29, 0.717) is 40.7 Å². The Hall–Kier alpha value is -3.41. The Labute approximate surface area is 196 Å². The summed E-state index contributed by atoms with van der Waals surface area (Å²) in [5.74, 6) is 0.601. The average Bonchev–Trinajstić information content (AvgIpc) is 3.14. The number of thiophene rings is 1. The van der Waals surface area contributed by atoms with Crippen LogP contribution in [0.25, 0.3) is 0 Å². The van der Waals surface area contributed by atoms with E-state index in [-0.39, 0.29) is 18.1 Å². The van der Waals surface area contributed by atoms with Crippen LogP contribution in [0.1, 0.15) is 27.1 Å². The molecular formula is C25H24FN3O3S. The van der Waals surface area contributed by atoms with Crippen LogP contribution in [-0.4, -0.2) is 31.6 Å². The van der Waals surface area contributed by atoms with E-state index >= 15 is 0 Å². The Morgan fingerprint density at radius 3 is 2.79 bits per heavy atom. The van der Waals surface area contributed by atoms with E-state index in [2.05, 4.69) is 16.3 Å². The zero-order valence-electron chi connectivity index (χ0n) is 18.5. The van der Waals surface area contributed by atoms with Gasteiger partial charge in [0.15, 0.2) is 11.5 Å². The predicted octanol–water partition coefficient (Wildman–Crippen LogP) is 4.52. The third-order valence-corrected chi connectivity index (χ3v) is 6.83. The molecule has 0 spiro atoms. The smallest absolute Gasteiger partial charge is 0.229 e. The second-order valence-electron chi connectivity index (χ2n) is 7.79. The second-order valence-corrected chi connectivity index (χ2v) is 8.89. The van der Waals surface area contributed by atoms with Crippen LogP contribution < -0.4 is 14.8 Å². The van der Waals surface area contributed by atoms with Gasteiger partial charge in [-0.1, -0.05) is 24.3 Å². The molecule has 4 rings (SSSR count). The summed E-state index contributed by atoms with van der Waals surface area (Å²) in [7, 11) is 3.09. The van der Waals surface area contributed by atoms with Crippen LogP contribution in [0.4, 0.5) is 9.39 Å². The number of hydrogen-bond acceptors (Lipinski definition) is 6. The van der Waals surface area contributed by atoms with Gasteiger partial charge >= 0.3 is 0 Å². The largest absolute Gasteiger partial charge is 0.493 e. The van der Waals surface area contributed by atoms with E-state index < -0.39 is 0 Å². The molecule has 3 aromatic rings. The minimum Gasteiger partial charge on any atom is -0.493 e. The first-order valence-electron chi connectivity index (χ1n) is 10.5. The van der Waals surface area contributed by atoms with Gasteiger partial charge < -0.3 is 14.8 Å². The van der Waals surface area contributed by atoms with Gasteiger partial charge in [0.05, 0.1) is 26.2 Å². The Bertz CT molecular complexity index is 1220. The van der Waals surface area contributed by atoms with E-state index in [4.69, 9.17) is 9.47 Å². The van der Waals surface area contributed by atoms with E-state index in [0.717, 1.165) is 29.0 Å². The fourth-order valence-corrected chi connectivity index (χ4v) is 5.28. The molecule has 1 aromatic heterocycles. The molecule has 6 nitrogen and oxygen atoms in total. The number of benzene rings is 2. The highest BCUT2D eigenvalue weighted by Gasteiger charge is 2.26. The Balaban J connectivity index is 1.49. The van der Waals surface area contributed by atoms with Crippen molar-refractivity contribution in [2.75, 3.05) is 26.1 Å². The molecule has 8 heteroatoms. The highest BCUT2D eigenvalue weighted by molar-refractivity contribution is 7.16. The minimum atomic E-state index is -0.254. The first kappa shape index (κ1) is 22.8. The van der Waals surface area contributed by atoms with Gasteiger partial charge in [-0.25, -0.2) is 4.39 Å². The Morgan fingerprint density at radius 1 is 1.24 bits per heavy atom. The highest BCUT2D eigenvalue weighted by atomic mass is 32.1. The van der Waals surface area contributed by atoms with Gasteiger partial charge in [-0.05, 0) is 30.2 Å². The lowest BCUT2D eigenvalue weighted by Gasteiger charge is -2.27. The number of halogens is 1. The van der Waals surface area contributed by atoms with Gasteiger partial charge in [0.2, 0.25) is 5.91 Å². The van der Waals surface area contributed by atoms with E-state index in [1.54, 1.807) is 19.2 Å². The molecule has 1 aliphatic heterocycles. The lowest BCUT2D eigenvalue weighted by atomic mass is 10.0. The molecule has 1 amide bonds. The topological polar surface area (TPSA) is 74.6 Å². The van der Waals surface area contributed by atoms with Crippen LogP contribution in [0, 0.1) is 17.1 Å². The van der Waals surface area contributed by atoms with Crippen molar-refractivity contribution in [2.45, 2.75) is 25.9 Å². The van der Waals surface area contributed by atoms with Crippen molar-refractivity contribution in [1.82, 2.24) is 4.90 Å². The fraction of sp³-hybridized carbons (Fsp3) is 0.280. The first-order chi connectivity index (χ1) is 16.0. The van der Waals surface area contributed by atoms with Crippen LogP contribution in [0.2, 0.25) is 0 Å². The maximum atomic E-state index is 13.5. The summed E-state index contributed by atoms with van der Waals surface area (Å²) in [6.45, 7) is 2.00. The molecule has 170 valence electrons. The molecule has 0 radical (unpaired) electrons. The molecule has 0 fully saturated rings. The predicted molar refractivity (Wildman–Crippen MR) is 125 cm³/mol. The fourth-order valence-electron chi connectivity index (χ4n) is 4.12. The lowest BCUT2D eigenvalue weighted by Crippen LogP contribution is -2.29. The Kier molecular flexibility index (Phi) is 6.92. The van der Waals surface area contributed by atoms with E-state index in [1.165, 1.54) is 30.6 Å². The van der Waals surface area contributed by atoms with Gasteiger partial charge in [-0.2, -0.15) is 5.26 Å². The summed E-state index contributed by atoms with van der Waals surface area (Å²) in [5, 5.41) is 13.3. The van der Waals surface area contributed by atoms with Crippen molar-refractivity contribution >= 4 is 22.2 Å². The number of hydrogen-bond donors (Lipinski definition) is 1. The standard InChI is InChI=1S/C25H24FN3O3S/c1-31-21-8-4-6-17(24(21)32-2)12-23(30)28-25-19(13-27)20-15-29(10-9-22(20)33-25)14-16-5-3-7-18(26)11-16/h3-8,11H,9-10,12,14-15H2,1-2H3,(H,28,30). The maximum Gasteiger partial charge on any atom is 0.229 e. The third kappa shape index (κ3) is 5.00. The molecule has 0 unspecified atom stereocenters. The summed E-state index contributed by atoms with van der Waals surface area (Å²) in [5.41, 5.74) is 3.05. The van der Waals surface area contributed by atoms with Crippen LogP contribution in [-0.2, 0) is 30.7 Å². The van der Waals surface area contributed by atoms with Gasteiger partial charge in [-0.3, -0.25) is 9.69 Å². The quantitative estimate of drug-likeness (QED) is 0.556. The number of nitrogens with zero attached hydrogens (tertiary/aromatic N) is 2. The first-order valence-corrected chi connectivity index (χ1v) is 11.3. The van der Waals surface area contributed by atoms with Crippen LogP contribution in [0.15, 0.2) is 42.5 Å². The number of nitrogens with one attached hydrogen (secondary N) is 1. The highest BCUT2D eigenvalue weighted by Crippen LogP contribution is 2.37. The SMILES string of the molecule is COc1cccc(CC(=O)Nc2sc3c(c2C#N)CN(Cc2cccc(F)c2)CC3)c1OC. The van der Waals surface area contributed by atoms with Crippen molar-refractivity contribution in [3.05, 3.63) is 75.4 Å². The number of rotatable bonds is 7. The zero-order chi connectivity index (χ0) is 23.4. The van der Waals surface area contributed by atoms with Gasteiger partial charge in [-0.15, -0.1) is 11.3 Å². The molecule has 2 aromatic carbocycles. The molecule has 1 N–H and O–H groups in total. The number of nitriles is 1. The monoisotopic (exact) mass is 465 g/mol. The third-order valence-electron chi connectivity index (χ3n) is 5.62. The molecule has 0 bridgehead atoms. The molecule has 2 heterocycles. The van der Waals surface area contributed by atoms with E-state index in [9.17, 15) is 14.4 Å². The number of carbonyl (C=O) groups excluding carboxylic acids is 1. The summed E-state index contributed by atoms with van der Waals surface area (Å²) in [4.78, 5) is 16.1. The number of carbonyl (C=O) groups is 1. The molecule has 33 heavy (non-hydrogen) atoms. The van der Waals surface area contributed by atoms with Crippen molar-refractivity contribution < 1.29 is 18.7 Å². The summed E-state index contributed by atoms with van der Waals surface area (Å²) in [6, 6.07) is 14.2. The molecule has 0 saturated carbocycles. The summed E-state index contributed by atoms with van der Waals surface area (Å²) >= 11 is 1.46. The van der Waals surface area contributed by atoms with Crippen molar-refractivity contribution in [3.63, 3.8) is 0 Å². The molecule has 0 aliphatic carbocycles. The zero-order valence-corrected chi connectivity index (χ0v) is 19.3. The van der Waals surface area contributed by atoms with Crippen LogP contribution >= 0.6 is 11.3 Å². The van der Waals surface area contributed by atoms with Crippen molar-refractivity contribution in [2.24, 2.45) is 0 Å². The van der Waals surface area contributed by atoms with Crippen molar-refractivity contribution in [1.29, 1.82) is 5.26 Å². The minimum absolute atomic E-state index is 0.0967. The second kappa shape index (κ2) is 10.0. The number of para-hydroxylation sites is 1. The molecule has 0 atom stereocenters. The van der Waals surface area contributed by atoms with Crippen LogP contribution in [0.3, 0.4) is 0 Å². The van der Waals surface area contributed by atoms with Gasteiger partial charge in [0.25, 0.3) is 0 Å². The summed E-state index contributed by atoms with van der Waals surface area (Å²) in [6.07, 6.45) is 0.878. The summed E-state index contributed by atoms with van der Waals surface area (Å²) < 4.78 is 24.3. The Morgan fingerprint density at radius 2 is 2.06 bits per heavy atom. The van der Waals surface area contributed by atoms with Crippen molar-refractivity contribution in [3.8, 4) is 17.6 Å². The number of methoxy groups -OCH3 is 2. The molecular weight excluding hydrogens is 441 g/mol. The van der Waals surface area contributed by atoms with Gasteiger partial charge in [0.1, 0.15) is 16.9 Å². The number of amides is 1. The number of ether oxygens (including phenoxy) is 2. The van der Waals surface area contributed by atoms with Gasteiger partial charge in [0, 0.05) is 35.6 Å². The van der Waals surface area contributed by atoms with Crippen LogP contribution in [0.5, 0.6) is 11.5 Å². The molecule has 1 aliphatic rings.